The van der Waals surface area contributed by atoms with E-state index in [9.17, 15) is 9.18 Å². The first kappa shape index (κ1) is 18.9. The van der Waals surface area contributed by atoms with Crippen molar-refractivity contribution in [1.82, 2.24) is 9.80 Å². The lowest BCUT2D eigenvalue weighted by molar-refractivity contribution is -0.133. The zero-order valence-electron chi connectivity index (χ0n) is 16.5. The van der Waals surface area contributed by atoms with Gasteiger partial charge in [-0.2, -0.15) is 0 Å². The Kier molecular flexibility index (Phi) is 5.62. The van der Waals surface area contributed by atoms with Crippen molar-refractivity contribution in [3.8, 4) is 0 Å². The molecule has 1 amide bonds. The third-order valence-corrected chi connectivity index (χ3v) is 5.79. The molecule has 0 N–H and O–H groups in total. The minimum atomic E-state index is -0.229. The highest BCUT2D eigenvalue weighted by Crippen LogP contribution is 2.29. The SMILES string of the molecule is Cc1ccccc1N1CCN(CC(=O)N(Cc2ccccc2F)C2CC2)CC1. The van der Waals surface area contributed by atoms with Gasteiger partial charge < -0.3 is 9.80 Å². The van der Waals surface area contributed by atoms with Gasteiger partial charge in [-0.1, -0.05) is 36.4 Å². The summed E-state index contributed by atoms with van der Waals surface area (Å²) in [5.41, 5.74) is 3.18. The normalized spacial score (nSPS) is 17.6. The maximum Gasteiger partial charge on any atom is 0.237 e. The van der Waals surface area contributed by atoms with Crippen molar-refractivity contribution in [2.45, 2.75) is 32.4 Å². The van der Waals surface area contributed by atoms with Gasteiger partial charge in [0.25, 0.3) is 0 Å². The van der Waals surface area contributed by atoms with E-state index >= 15 is 0 Å². The Morgan fingerprint density at radius 3 is 2.39 bits per heavy atom. The molecule has 4 rings (SSSR count). The van der Waals surface area contributed by atoms with E-state index in [1.165, 1.54) is 17.3 Å². The number of benzene rings is 2. The average Bonchev–Trinajstić information content (AvgIpc) is 3.53. The molecule has 1 aliphatic heterocycles. The molecule has 2 aromatic rings. The van der Waals surface area contributed by atoms with Crippen LogP contribution in [0.5, 0.6) is 0 Å². The van der Waals surface area contributed by atoms with Gasteiger partial charge in [-0.05, 0) is 37.5 Å². The minimum Gasteiger partial charge on any atom is -0.369 e. The van der Waals surface area contributed by atoms with Crippen molar-refractivity contribution in [2.24, 2.45) is 0 Å². The third kappa shape index (κ3) is 4.36. The van der Waals surface area contributed by atoms with E-state index < -0.39 is 0 Å². The van der Waals surface area contributed by atoms with Crippen molar-refractivity contribution >= 4 is 11.6 Å². The van der Waals surface area contributed by atoms with Crippen LogP contribution in [-0.4, -0.2) is 54.5 Å². The Morgan fingerprint density at radius 2 is 1.71 bits per heavy atom. The first-order valence-electron chi connectivity index (χ1n) is 10.2. The second-order valence-corrected chi connectivity index (χ2v) is 7.89. The fourth-order valence-electron chi connectivity index (χ4n) is 3.96. The fourth-order valence-corrected chi connectivity index (χ4v) is 3.96. The van der Waals surface area contributed by atoms with Crippen molar-refractivity contribution in [3.05, 3.63) is 65.5 Å². The van der Waals surface area contributed by atoms with Gasteiger partial charge in [-0.3, -0.25) is 9.69 Å². The summed E-state index contributed by atoms with van der Waals surface area (Å²) >= 11 is 0. The van der Waals surface area contributed by atoms with Crippen LogP contribution in [0.4, 0.5) is 10.1 Å². The Bertz CT molecular complexity index is 828. The van der Waals surface area contributed by atoms with Crippen molar-refractivity contribution < 1.29 is 9.18 Å². The molecule has 0 unspecified atom stereocenters. The number of piperazine rings is 1. The van der Waals surface area contributed by atoms with Crippen LogP contribution in [0.2, 0.25) is 0 Å². The van der Waals surface area contributed by atoms with E-state index in [4.69, 9.17) is 0 Å². The monoisotopic (exact) mass is 381 g/mol. The lowest BCUT2D eigenvalue weighted by Crippen LogP contribution is -2.50. The predicted octanol–water partition coefficient (Wildman–Crippen LogP) is 3.45. The maximum absolute atomic E-state index is 14.0. The standard InChI is InChI=1S/C23H28FN3O/c1-18-6-2-5-9-22(18)26-14-12-25(13-15-26)17-23(28)27(20-10-11-20)16-19-7-3-4-8-21(19)24/h2-9,20H,10-17H2,1H3. The van der Waals surface area contributed by atoms with Gasteiger partial charge in [0.1, 0.15) is 5.82 Å². The summed E-state index contributed by atoms with van der Waals surface area (Å²) in [5, 5.41) is 0. The quantitative estimate of drug-likeness (QED) is 0.767. The number of carbonyl (C=O) groups is 1. The predicted molar refractivity (Wildman–Crippen MR) is 110 cm³/mol. The summed E-state index contributed by atoms with van der Waals surface area (Å²) in [6.45, 7) is 6.54. The number of para-hydroxylation sites is 1. The molecule has 0 aromatic heterocycles. The number of halogens is 1. The molecule has 2 aromatic carbocycles. The molecule has 0 radical (unpaired) electrons. The Hall–Kier alpha value is -2.40. The maximum atomic E-state index is 14.0. The molecule has 0 atom stereocenters. The largest absolute Gasteiger partial charge is 0.369 e. The Labute approximate surface area is 166 Å². The molecule has 0 spiro atoms. The minimum absolute atomic E-state index is 0.120. The second-order valence-electron chi connectivity index (χ2n) is 7.89. The van der Waals surface area contributed by atoms with Crippen LogP contribution in [0.15, 0.2) is 48.5 Å². The van der Waals surface area contributed by atoms with E-state index in [0.717, 1.165) is 39.0 Å². The molecular formula is C23H28FN3O. The van der Waals surface area contributed by atoms with Gasteiger partial charge in [0, 0.05) is 50.0 Å². The molecule has 1 saturated heterocycles. The van der Waals surface area contributed by atoms with Crippen LogP contribution >= 0.6 is 0 Å². The highest BCUT2D eigenvalue weighted by atomic mass is 19.1. The number of anilines is 1. The summed E-state index contributed by atoms with van der Waals surface area (Å²) in [4.78, 5) is 19.5. The molecule has 1 aliphatic carbocycles. The molecule has 28 heavy (non-hydrogen) atoms. The van der Waals surface area contributed by atoms with Gasteiger partial charge in [0.05, 0.1) is 6.54 Å². The highest BCUT2D eigenvalue weighted by molar-refractivity contribution is 5.79. The summed E-state index contributed by atoms with van der Waals surface area (Å²) in [6.07, 6.45) is 2.06. The number of hydrogen-bond donors (Lipinski definition) is 0. The molecule has 1 heterocycles. The molecule has 2 aliphatic rings. The van der Waals surface area contributed by atoms with Crippen LogP contribution < -0.4 is 4.90 Å². The van der Waals surface area contributed by atoms with E-state index in [1.807, 2.05) is 11.0 Å². The highest BCUT2D eigenvalue weighted by Gasteiger charge is 2.34. The fraction of sp³-hybridized carbons (Fsp3) is 0.435. The van der Waals surface area contributed by atoms with Crippen LogP contribution in [-0.2, 0) is 11.3 Å². The average molecular weight is 381 g/mol. The Balaban J connectivity index is 1.34. The number of aryl methyl sites for hydroxylation is 1. The van der Waals surface area contributed by atoms with Crippen LogP contribution in [0.25, 0.3) is 0 Å². The first-order chi connectivity index (χ1) is 13.6. The van der Waals surface area contributed by atoms with Crippen LogP contribution in [0.3, 0.4) is 0 Å². The smallest absolute Gasteiger partial charge is 0.237 e. The van der Waals surface area contributed by atoms with Crippen molar-refractivity contribution in [3.63, 3.8) is 0 Å². The second kappa shape index (κ2) is 8.31. The topological polar surface area (TPSA) is 26.8 Å². The first-order valence-corrected chi connectivity index (χ1v) is 10.2. The van der Waals surface area contributed by atoms with Crippen LogP contribution in [0, 0.1) is 12.7 Å². The molecule has 0 bridgehead atoms. The number of amides is 1. The van der Waals surface area contributed by atoms with E-state index in [1.54, 1.807) is 12.1 Å². The van der Waals surface area contributed by atoms with Gasteiger partial charge in [-0.25, -0.2) is 4.39 Å². The number of nitrogens with zero attached hydrogens (tertiary/aromatic N) is 3. The summed E-state index contributed by atoms with van der Waals surface area (Å²) in [6, 6.07) is 15.5. The molecule has 5 heteroatoms. The molecule has 2 fully saturated rings. The summed E-state index contributed by atoms with van der Waals surface area (Å²) in [7, 11) is 0. The van der Waals surface area contributed by atoms with Gasteiger partial charge in [0.15, 0.2) is 0 Å². The lowest BCUT2D eigenvalue weighted by atomic mass is 10.1. The number of carbonyl (C=O) groups excluding carboxylic acids is 1. The molecular weight excluding hydrogens is 353 g/mol. The van der Waals surface area contributed by atoms with Gasteiger partial charge in [0.2, 0.25) is 5.91 Å². The van der Waals surface area contributed by atoms with Crippen molar-refractivity contribution in [1.29, 1.82) is 0 Å². The van der Waals surface area contributed by atoms with E-state index in [0.29, 0.717) is 18.7 Å². The van der Waals surface area contributed by atoms with E-state index in [-0.39, 0.29) is 17.8 Å². The summed E-state index contributed by atoms with van der Waals surface area (Å²) < 4.78 is 14.0. The molecule has 148 valence electrons. The molecule has 4 nitrogen and oxygen atoms in total. The van der Waals surface area contributed by atoms with Crippen LogP contribution in [0.1, 0.15) is 24.0 Å². The summed E-state index contributed by atoms with van der Waals surface area (Å²) in [5.74, 6) is -0.108. The van der Waals surface area contributed by atoms with Gasteiger partial charge >= 0.3 is 0 Å². The third-order valence-electron chi connectivity index (χ3n) is 5.79. The van der Waals surface area contributed by atoms with Gasteiger partial charge in [-0.15, -0.1) is 0 Å². The Morgan fingerprint density at radius 1 is 1.04 bits per heavy atom. The van der Waals surface area contributed by atoms with Crippen molar-refractivity contribution in [2.75, 3.05) is 37.6 Å². The number of hydrogen-bond acceptors (Lipinski definition) is 3. The van der Waals surface area contributed by atoms with E-state index in [2.05, 4.69) is 41.0 Å². The lowest BCUT2D eigenvalue weighted by Gasteiger charge is -2.37. The number of rotatable bonds is 6. The zero-order valence-corrected chi connectivity index (χ0v) is 16.5. The zero-order chi connectivity index (χ0) is 19.5. The molecule has 1 saturated carbocycles.